The van der Waals surface area contributed by atoms with Crippen LogP contribution in [0.5, 0.6) is 5.75 Å². The van der Waals surface area contributed by atoms with Gasteiger partial charge in [-0.2, -0.15) is 0 Å². The highest BCUT2D eigenvalue weighted by molar-refractivity contribution is 8.13. The Morgan fingerprint density at radius 1 is 0.833 bits per heavy atom. The summed E-state index contributed by atoms with van der Waals surface area (Å²) in [5.41, 5.74) is 4.34. The molecule has 154 valence electrons. The Morgan fingerprint density at radius 2 is 1.33 bits per heavy atom. The minimum atomic E-state index is -0.186. The van der Waals surface area contributed by atoms with Gasteiger partial charge in [0.15, 0.2) is 5.12 Å². The summed E-state index contributed by atoms with van der Waals surface area (Å²) in [5.74, 6) is 1.53. The molecule has 1 aliphatic rings. The zero-order chi connectivity index (χ0) is 21.2. The molecule has 2 nitrogen and oxygen atoms in total. The third-order valence-electron chi connectivity index (χ3n) is 6.36. The minimum Gasteiger partial charge on any atom is -0.491 e. The summed E-state index contributed by atoms with van der Waals surface area (Å²) in [6, 6.07) is 26.9. The maximum Gasteiger partial charge on any atom is 0.195 e. The molecule has 0 spiro atoms. The predicted octanol–water partition coefficient (Wildman–Crippen LogP) is 7.10. The maximum absolute atomic E-state index is 12.6. The molecule has 1 atom stereocenters. The van der Waals surface area contributed by atoms with E-state index in [0.717, 1.165) is 34.4 Å². The summed E-state index contributed by atoms with van der Waals surface area (Å²) in [5, 5.41) is 0.288. The minimum absolute atomic E-state index is 0.123. The number of hydrogen-bond acceptors (Lipinski definition) is 3. The van der Waals surface area contributed by atoms with Crippen LogP contribution >= 0.6 is 11.8 Å². The van der Waals surface area contributed by atoms with Crippen molar-refractivity contribution < 1.29 is 9.53 Å². The van der Waals surface area contributed by atoms with Gasteiger partial charge in [0.2, 0.25) is 0 Å². The second-order valence-electron chi connectivity index (χ2n) is 8.79. The molecule has 0 aromatic heterocycles. The van der Waals surface area contributed by atoms with Crippen LogP contribution in [0, 0.1) is 10.8 Å². The monoisotopic (exact) mass is 416 g/mol. The normalized spacial score (nSPS) is 19.3. The van der Waals surface area contributed by atoms with Crippen LogP contribution in [-0.2, 0) is 4.79 Å². The highest BCUT2D eigenvalue weighted by atomic mass is 32.2. The van der Waals surface area contributed by atoms with Gasteiger partial charge in [0.1, 0.15) is 5.75 Å². The Hall–Kier alpha value is -2.52. The van der Waals surface area contributed by atoms with Gasteiger partial charge in [-0.15, -0.1) is 0 Å². The van der Waals surface area contributed by atoms with Crippen molar-refractivity contribution in [3.8, 4) is 28.0 Å². The first kappa shape index (κ1) is 20.7. The summed E-state index contributed by atoms with van der Waals surface area (Å²) in [6.45, 7) is 6.92. The Kier molecular flexibility index (Phi) is 5.75. The van der Waals surface area contributed by atoms with Gasteiger partial charge in [0.25, 0.3) is 0 Å². The number of thioether (sulfide) groups is 1. The van der Waals surface area contributed by atoms with E-state index in [9.17, 15) is 4.79 Å². The molecule has 3 aromatic carbocycles. The van der Waals surface area contributed by atoms with Gasteiger partial charge in [-0.25, -0.2) is 0 Å². The predicted molar refractivity (Wildman–Crippen MR) is 127 cm³/mol. The Bertz CT molecular complexity index is 969. The van der Waals surface area contributed by atoms with Crippen molar-refractivity contribution in [1.29, 1.82) is 0 Å². The largest absolute Gasteiger partial charge is 0.491 e. The number of ether oxygens (including phenoxy) is 1. The van der Waals surface area contributed by atoms with E-state index in [-0.39, 0.29) is 15.9 Å². The van der Waals surface area contributed by atoms with Gasteiger partial charge in [-0.1, -0.05) is 111 Å². The highest BCUT2D eigenvalue weighted by Gasteiger charge is 2.62. The summed E-state index contributed by atoms with van der Waals surface area (Å²) < 4.78 is 6.34. The first-order valence-electron chi connectivity index (χ1n) is 10.5. The molecule has 0 amide bonds. The fourth-order valence-corrected chi connectivity index (χ4v) is 5.03. The summed E-state index contributed by atoms with van der Waals surface area (Å²) >= 11 is 1.41. The molecular formula is C27H28O2S. The maximum atomic E-state index is 12.6. The molecule has 0 heterocycles. The molecule has 1 fully saturated rings. The van der Waals surface area contributed by atoms with Crippen molar-refractivity contribution in [3.63, 3.8) is 0 Å². The molecule has 0 radical (unpaired) electrons. The van der Waals surface area contributed by atoms with Gasteiger partial charge in [0, 0.05) is 22.3 Å². The fourth-order valence-electron chi connectivity index (χ4n) is 4.01. The standard InChI is InChI=1S/C27H28O2S/c1-26(2)19-27(26,3)25(28)30-18-17-29-24-22(20-11-6-4-7-12-20)15-10-16-23(24)21-13-8-5-9-14-21/h4-16H,17-19H2,1-3H3. The van der Waals surface area contributed by atoms with Gasteiger partial charge in [-0.05, 0) is 23.0 Å². The van der Waals surface area contributed by atoms with Crippen molar-refractivity contribution in [2.75, 3.05) is 12.4 Å². The Labute approximate surface area is 183 Å². The SMILES string of the molecule is CC1(C)CC1(C)C(=O)SCCOc1c(-c2ccccc2)cccc1-c1ccccc1. The first-order chi connectivity index (χ1) is 14.4. The van der Waals surface area contributed by atoms with Crippen LogP contribution in [0.2, 0.25) is 0 Å². The van der Waals surface area contributed by atoms with E-state index in [1.54, 1.807) is 0 Å². The average molecular weight is 417 g/mol. The smallest absolute Gasteiger partial charge is 0.195 e. The molecule has 4 rings (SSSR count). The Balaban J connectivity index is 1.54. The van der Waals surface area contributed by atoms with Crippen LogP contribution in [0.1, 0.15) is 27.2 Å². The number of benzene rings is 3. The van der Waals surface area contributed by atoms with E-state index in [0.29, 0.717) is 12.4 Å². The Morgan fingerprint density at radius 3 is 1.80 bits per heavy atom. The van der Waals surface area contributed by atoms with Crippen LogP contribution < -0.4 is 4.74 Å². The van der Waals surface area contributed by atoms with Gasteiger partial charge in [-0.3, -0.25) is 4.79 Å². The molecule has 0 saturated heterocycles. The van der Waals surface area contributed by atoms with Crippen LogP contribution in [-0.4, -0.2) is 17.5 Å². The molecule has 0 bridgehead atoms. The van der Waals surface area contributed by atoms with Crippen LogP contribution in [0.4, 0.5) is 0 Å². The molecule has 3 heteroatoms. The van der Waals surface area contributed by atoms with Crippen LogP contribution in [0.15, 0.2) is 78.9 Å². The topological polar surface area (TPSA) is 26.3 Å². The second kappa shape index (κ2) is 8.31. The zero-order valence-electron chi connectivity index (χ0n) is 17.9. The lowest BCUT2D eigenvalue weighted by molar-refractivity contribution is -0.116. The fraction of sp³-hybridized carbons (Fsp3) is 0.296. The molecule has 1 aliphatic carbocycles. The van der Waals surface area contributed by atoms with Gasteiger partial charge >= 0.3 is 0 Å². The van der Waals surface area contributed by atoms with E-state index >= 15 is 0 Å². The zero-order valence-corrected chi connectivity index (χ0v) is 18.7. The lowest BCUT2D eigenvalue weighted by Crippen LogP contribution is -2.16. The van der Waals surface area contributed by atoms with E-state index in [1.165, 1.54) is 11.8 Å². The number of rotatable bonds is 7. The summed E-state index contributed by atoms with van der Waals surface area (Å²) in [6.07, 6.45) is 0.974. The van der Waals surface area contributed by atoms with Gasteiger partial charge in [0.05, 0.1) is 6.61 Å². The van der Waals surface area contributed by atoms with Crippen molar-refractivity contribution in [2.45, 2.75) is 27.2 Å². The third kappa shape index (κ3) is 4.04. The first-order valence-corrected chi connectivity index (χ1v) is 11.4. The number of carbonyl (C=O) groups is 1. The van der Waals surface area contributed by atoms with E-state index < -0.39 is 0 Å². The molecule has 30 heavy (non-hydrogen) atoms. The second-order valence-corrected chi connectivity index (χ2v) is 9.86. The number of hydrogen-bond donors (Lipinski definition) is 0. The van der Waals surface area contributed by atoms with Crippen LogP contribution in [0.25, 0.3) is 22.3 Å². The third-order valence-corrected chi connectivity index (χ3v) is 7.45. The van der Waals surface area contributed by atoms with Crippen molar-refractivity contribution in [3.05, 3.63) is 78.9 Å². The molecule has 3 aromatic rings. The molecular weight excluding hydrogens is 388 g/mol. The molecule has 1 saturated carbocycles. The average Bonchev–Trinajstić information content (AvgIpc) is 3.30. The lowest BCUT2D eigenvalue weighted by atomic mass is 9.97. The van der Waals surface area contributed by atoms with E-state index in [2.05, 4.69) is 63.2 Å². The van der Waals surface area contributed by atoms with Crippen molar-refractivity contribution >= 4 is 16.9 Å². The van der Waals surface area contributed by atoms with E-state index in [1.807, 2.05) is 36.4 Å². The van der Waals surface area contributed by atoms with Gasteiger partial charge < -0.3 is 4.74 Å². The quantitative estimate of drug-likeness (QED) is 0.384. The summed E-state index contributed by atoms with van der Waals surface area (Å²) in [7, 11) is 0. The molecule has 0 aliphatic heterocycles. The molecule has 1 unspecified atom stereocenters. The van der Waals surface area contributed by atoms with Crippen molar-refractivity contribution in [1.82, 2.24) is 0 Å². The number of carbonyl (C=O) groups excluding carboxylic acids is 1. The van der Waals surface area contributed by atoms with E-state index in [4.69, 9.17) is 4.74 Å². The highest BCUT2D eigenvalue weighted by Crippen LogP contribution is 2.64. The van der Waals surface area contributed by atoms with Crippen molar-refractivity contribution in [2.24, 2.45) is 10.8 Å². The van der Waals surface area contributed by atoms with Crippen LogP contribution in [0.3, 0.4) is 0 Å². The molecule has 0 N–H and O–H groups in total. The number of para-hydroxylation sites is 1. The summed E-state index contributed by atoms with van der Waals surface area (Å²) in [4.78, 5) is 12.6. The lowest BCUT2D eigenvalue weighted by Gasteiger charge is -2.17.